The standard InChI is InChI=1S/C20H22N6O2/c1-28-17-6-3-2-5-16(17)22-20(27)15-9-13-25(14-10-15)18-7-8-19(24-23-18)26-12-4-11-21-26/h2-8,11-12,15H,9-10,13-14H2,1H3,(H,22,27). The van der Waals surface area contributed by atoms with Gasteiger partial charge in [0, 0.05) is 31.4 Å². The molecule has 1 amide bonds. The molecule has 0 atom stereocenters. The van der Waals surface area contributed by atoms with Gasteiger partial charge in [-0.2, -0.15) is 5.10 Å². The number of para-hydroxylation sites is 2. The normalized spacial score (nSPS) is 14.7. The lowest BCUT2D eigenvalue weighted by atomic mass is 9.95. The van der Waals surface area contributed by atoms with Crippen molar-refractivity contribution in [3.05, 3.63) is 54.9 Å². The molecule has 1 N–H and O–H groups in total. The fourth-order valence-corrected chi connectivity index (χ4v) is 3.37. The molecule has 144 valence electrons. The van der Waals surface area contributed by atoms with Gasteiger partial charge in [0.15, 0.2) is 11.6 Å². The number of carbonyl (C=O) groups is 1. The van der Waals surface area contributed by atoms with E-state index in [2.05, 4.69) is 25.5 Å². The Labute approximate surface area is 163 Å². The molecule has 0 bridgehead atoms. The quantitative estimate of drug-likeness (QED) is 0.734. The molecule has 0 spiro atoms. The Hall–Kier alpha value is -3.42. The molecule has 1 saturated heterocycles. The Kier molecular flexibility index (Phi) is 5.18. The predicted octanol–water partition coefficient (Wildman–Crippen LogP) is 2.53. The fourth-order valence-electron chi connectivity index (χ4n) is 3.37. The summed E-state index contributed by atoms with van der Waals surface area (Å²) in [5.41, 5.74) is 0.706. The number of methoxy groups -OCH3 is 1. The van der Waals surface area contributed by atoms with Crippen molar-refractivity contribution in [2.45, 2.75) is 12.8 Å². The van der Waals surface area contributed by atoms with Crippen LogP contribution in [-0.2, 0) is 4.79 Å². The van der Waals surface area contributed by atoms with Crippen molar-refractivity contribution in [1.82, 2.24) is 20.0 Å². The highest BCUT2D eigenvalue weighted by atomic mass is 16.5. The number of rotatable bonds is 5. The van der Waals surface area contributed by atoms with Gasteiger partial charge in [-0.15, -0.1) is 10.2 Å². The van der Waals surface area contributed by atoms with E-state index in [1.54, 1.807) is 18.0 Å². The highest BCUT2D eigenvalue weighted by molar-refractivity contribution is 5.94. The Balaban J connectivity index is 1.34. The summed E-state index contributed by atoms with van der Waals surface area (Å²) < 4.78 is 6.97. The Bertz CT molecular complexity index is 918. The van der Waals surface area contributed by atoms with Crippen LogP contribution in [0.3, 0.4) is 0 Å². The van der Waals surface area contributed by atoms with Gasteiger partial charge in [-0.3, -0.25) is 4.79 Å². The first-order valence-electron chi connectivity index (χ1n) is 9.27. The number of anilines is 2. The third kappa shape index (κ3) is 3.80. The van der Waals surface area contributed by atoms with Crippen molar-refractivity contribution in [1.29, 1.82) is 0 Å². The second kappa shape index (κ2) is 8.08. The number of amides is 1. The van der Waals surface area contributed by atoms with Gasteiger partial charge < -0.3 is 15.0 Å². The van der Waals surface area contributed by atoms with E-state index in [0.29, 0.717) is 17.3 Å². The summed E-state index contributed by atoms with van der Waals surface area (Å²) in [5.74, 6) is 2.17. The van der Waals surface area contributed by atoms with Crippen LogP contribution < -0.4 is 15.0 Å². The highest BCUT2D eigenvalue weighted by Crippen LogP contribution is 2.26. The van der Waals surface area contributed by atoms with E-state index in [0.717, 1.165) is 31.7 Å². The molecule has 1 aliphatic rings. The van der Waals surface area contributed by atoms with E-state index in [1.165, 1.54) is 0 Å². The van der Waals surface area contributed by atoms with Gasteiger partial charge in [-0.1, -0.05) is 12.1 Å². The first-order valence-corrected chi connectivity index (χ1v) is 9.27. The number of nitrogens with one attached hydrogen (secondary N) is 1. The summed E-state index contributed by atoms with van der Waals surface area (Å²) in [5, 5.41) is 15.7. The largest absolute Gasteiger partial charge is 0.495 e. The highest BCUT2D eigenvalue weighted by Gasteiger charge is 2.26. The summed E-state index contributed by atoms with van der Waals surface area (Å²) in [7, 11) is 1.60. The van der Waals surface area contributed by atoms with Crippen molar-refractivity contribution in [3.8, 4) is 11.6 Å². The van der Waals surface area contributed by atoms with Gasteiger partial charge >= 0.3 is 0 Å². The number of piperidine rings is 1. The minimum absolute atomic E-state index is 0.0301. The van der Waals surface area contributed by atoms with Crippen LogP contribution >= 0.6 is 0 Å². The Morgan fingerprint density at radius 3 is 2.50 bits per heavy atom. The summed E-state index contributed by atoms with van der Waals surface area (Å²) in [4.78, 5) is 14.8. The van der Waals surface area contributed by atoms with E-state index < -0.39 is 0 Å². The third-order valence-electron chi connectivity index (χ3n) is 4.93. The van der Waals surface area contributed by atoms with Gasteiger partial charge in [0.25, 0.3) is 0 Å². The van der Waals surface area contributed by atoms with Crippen molar-refractivity contribution < 1.29 is 9.53 Å². The molecule has 0 aliphatic carbocycles. The van der Waals surface area contributed by atoms with Crippen molar-refractivity contribution in [2.75, 3.05) is 30.4 Å². The van der Waals surface area contributed by atoms with Crippen molar-refractivity contribution in [3.63, 3.8) is 0 Å². The molecule has 1 aromatic carbocycles. The molecular weight excluding hydrogens is 356 g/mol. The van der Waals surface area contributed by atoms with Gasteiger partial charge in [0.2, 0.25) is 5.91 Å². The second-order valence-electron chi connectivity index (χ2n) is 6.65. The van der Waals surface area contributed by atoms with Crippen LogP contribution in [0.2, 0.25) is 0 Å². The number of nitrogens with zero attached hydrogens (tertiary/aromatic N) is 5. The molecule has 2 aromatic heterocycles. The average Bonchev–Trinajstić information content (AvgIpc) is 3.29. The number of hydrogen-bond acceptors (Lipinski definition) is 6. The van der Waals surface area contributed by atoms with Crippen molar-refractivity contribution in [2.24, 2.45) is 5.92 Å². The summed E-state index contributed by atoms with van der Waals surface area (Å²) in [6, 6.07) is 13.1. The maximum Gasteiger partial charge on any atom is 0.227 e. The number of carbonyl (C=O) groups excluding carboxylic acids is 1. The first-order chi connectivity index (χ1) is 13.7. The molecule has 3 heterocycles. The van der Waals surface area contributed by atoms with E-state index in [9.17, 15) is 4.79 Å². The maximum atomic E-state index is 12.6. The van der Waals surface area contributed by atoms with Gasteiger partial charge in [-0.25, -0.2) is 4.68 Å². The summed E-state index contributed by atoms with van der Waals surface area (Å²) >= 11 is 0. The first kappa shape index (κ1) is 18.0. The van der Waals surface area contributed by atoms with Crippen LogP contribution in [-0.4, -0.2) is 46.1 Å². The molecule has 28 heavy (non-hydrogen) atoms. The van der Waals surface area contributed by atoms with Crippen LogP contribution in [0.1, 0.15) is 12.8 Å². The minimum Gasteiger partial charge on any atom is -0.495 e. The van der Waals surface area contributed by atoms with E-state index in [-0.39, 0.29) is 11.8 Å². The predicted molar refractivity (Wildman–Crippen MR) is 106 cm³/mol. The SMILES string of the molecule is COc1ccccc1NC(=O)C1CCN(c2ccc(-n3cccn3)nn2)CC1. The number of hydrogen-bond donors (Lipinski definition) is 1. The molecule has 1 fully saturated rings. The third-order valence-corrected chi connectivity index (χ3v) is 4.93. The van der Waals surface area contributed by atoms with Crippen LogP contribution in [0.4, 0.5) is 11.5 Å². The smallest absolute Gasteiger partial charge is 0.227 e. The molecule has 8 heteroatoms. The minimum atomic E-state index is -0.0301. The van der Waals surface area contributed by atoms with Crippen LogP contribution in [0.25, 0.3) is 5.82 Å². The van der Waals surface area contributed by atoms with Crippen LogP contribution in [0.15, 0.2) is 54.9 Å². The summed E-state index contributed by atoms with van der Waals surface area (Å²) in [6.07, 6.45) is 5.07. The second-order valence-corrected chi connectivity index (χ2v) is 6.65. The number of ether oxygens (including phenoxy) is 1. The van der Waals surface area contributed by atoms with Gasteiger partial charge in [0.05, 0.1) is 12.8 Å². The fraction of sp³-hybridized carbons (Fsp3) is 0.300. The molecule has 4 rings (SSSR count). The van der Waals surface area contributed by atoms with E-state index in [1.807, 2.05) is 48.7 Å². The Morgan fingerprint density at radius 1 is 1.07 bits per heavy atom. The molecular formula is C20H22N6O2. The average molecular weight is 378 g/mol. The van der Waals surface area contributed by atoms with Gasteiger partial charge in [0.1, 0.15) is 5.75 Å². The maximum absolute atomic E-state index is 12.6. The van der Waals surface area contributed by atoms with E-state index >= 15 is 0 Å². The molecule has 1 aliphatic heterocycles. The zero-order valence-electron chi connectivity index (χ0n) is 15.7. The summed E-state index contributed by atoms with van der Waals surface area (Å²) in [6.45, 7) is 1.53. The van der Waals surface area contributed by atoms with E-state index in [4.69, 9.17) is 4.74 Å². The lowest BCUT2D eigenvalue weighted by molar-refractivity contribution is -0.120. The monoisotopic (exact) mass is 378 g/mol. The number of benzene rings is 1. The molecule has 3 aromatic rings. The van der Waals surface area contributed by atoms with Crippen LogP contribution in [0.5, 0.6) is 5.75 Å². The molecule has 0 radical (unpaired) electrons. The molecule has 0 saturated carbocycles. The topological polar surface area (TPSA) is 85.2 Å². The number of aromatic nitrogens is 4. The Morgan fingerprint density at radius 2 is 1.82 bits per heavy atom. The lowest BCUT2D eigenvalue weighted by Gasteiger charge is -2.31. The van der Waals surface area contributed by atoms with Crippen LogP contribution in [0, 0.1) is 5.92 Å². The van der Waals surface area contributed by atoms with Crippen molar-refractivity contribution >= 4 is 17.4 Å². The molecule has 0 unspecified atom stereocenters. The van der Waals surface area contributed by atoms with Gasteiger partial charge in [-0.05, 0) is 43.2 Å². The molecule has 8 nitrogen and oxygen atoms in total. The lowest BCUT2D eigenvalue weighted by Crippen LogP contribution is -2.38. The zero-order chi connectivity index (χ0) is 19.3. The zero-order valence-corrected chi connectivity index (χ0v) is 15.7.